The molecule has 4 aromatic rings. The minimum absolute atomic E-state index is 0.139. The number of amides is 1. The lowest BCUT2D eigenvalue weighted by molar-refractivity contribution is -0.135. The summed E-state index contributed by atoms with van der Waals surface area (Å²) in [5.41, 5.74) is 5.42. The van der Waals surface area contributed by atoms with Gasteiger partial charge in [0.05, 0.1) is 12.0 Å². The second-order valence-electron chi connectivity index (χ2n) is 10.6. The highest BCUT2D eigenvalue weighted by Gasteiger charge is 2.33. The predicted octanol–water partition coefficient (Wildman–Crippen LogP) is 7.42. The first-order valence-corrected chi connectivity index (χ1v) is 13.9. The van der Waals surface area contributed by atoms with E-state index in [1.165, 1.54) is 12.0 Å². The van der Waals surface area contributed by atoms with Crippen molar-refractivity contribution in [2.45, 2.75) is 51.1 Å². The Kier molecular flexibility index (Phi) is 8.52. The van der Waals surface area contributed by atoms with Crippen molar-refractivity contribution in [2.24, 2.45) is 5.92 Å². The molecule has 0 heterocycles. The molecule has 1 amide bonds. The Bertz CT molecular complexity index is 1400. The van der Waals surface area contributed by atoms with E-state index in [9.17, 15) is 14.7 Å². The molecule has 198 valence electrons. The minimum Gasteiger partial charge on any atom is -0.478 e. The third kappa shape index (κ3) is 6.83. The first-order chi connectivity index (χ1) is 19.1. The van der Waals surface area contributed by atoms with Gasteiger partial charge in [-0.25, -0.2) is 4.79 Å². The number of hydrogen-bond donors (Lipinski definition) is 1. The van der Waals surface area contributed by atoms with E-state index in [-0.39, 0.29) is 17.5 Å². The van der Waals surface area contributed by atoms with E-state index < -0.39 is 5.97 Å². The van der Waals surface area contributed by atoms with Gasteiger partial charge < -0.3 is 10.0 Å². The lowest BCUT2D eigenvalue weighted by atomic mass is 9.79. The van der Waals surface area contributed by atoms with Crippen LogP contribution in [0.1, 0.15) is 52.7 Å². The molecular weight excluding hydrogens is 482 g/mol. The Morgan fingerprint density at radius 3 is 2.03 bits per heavy atom. The fraction of sp³-hybridized carbons (Fsp3) is 0.257. The molecule has 1 aliphatic carbocycles. The second kappa shape index (κ2) is 12.6. The van der Waals surface area contributed by atoms with E-state index in [4.69, 9.17) is 0 Å². The van der Waals surface area contributed by atoms with Gasteiger partial charge in [0.2, 0.25) is 5.91 Å². The first-order valence-electron chi connectivity index (χ1n) is 13.9. The fourth-order valence-corrected chi connectivity index (χ4v) is 5.89. The SMILES string of the molecule is O=C(O)c1cccc(-c2cccc(CC(=O)N(Cc3ccccc3)[C@@H]3CCCC[C@H]3Cc3ccccc3)c2)c1. The molecule has 4 aromatic carbocycles. The van der Waals surface area contributed by atoms with Crippen molar-refractivity contribution in [3.8, 4) is 11.1 Å². The zero-order chi connectivity index (χ0) is 27.0. The first kappa shape index (κ1) is 26.4. The van der Waals surface area contributed by atoms with Crippen LogP contribution in [-0.4, -0.2) is 27.9 Å². The Hall–Kier alpha value is -4.18. The van der Waals surface area contributed by atoms with Gasteiger partial charge in [-0.1, -0.05) is 110 Å². The normalized spacial score (nSPS) is 16.9. The topological polar surface area (TPSA) is 57.6 Å². The molecule has 0 unspecified atom stereocenters. The molecule has 39 heavy (non-hydrogen) atoms. The van der Waals surface area contributed by atoms with E-state index >= 15 is 0 Å². The number of carbonyl (C=O) groups excluding carboxylic acids is 1. The summed E-state index contributed by atoms with van der Waals surface area (Å²) in [5.74, 6) is -0.378. The van der Waals surface area contributed by atoms with Gasteiger partial charge >= 0.3 is 5.97 Å². The lowest BCUT2D eigenvalue weighted by Crippen LogP contribution is -2.46. The maximum absolute atomic E-state index is 14.1. The standard InChI is InChI=1S/C35H35NO3/c37-34(23-28-15-9-17-29(22-28)30-18-10-19-32(24-30)35(38)39)36(25-27-13-5-2-6-14-27)33-20-8-7-16-31(33)21-26-11-3-1-4-12-26/h1-6,9-15,17-19,22,24,31,33H,7-8,16,20-21,23,25H2,(H,38,39)/t31-,33+/m0/s1. The Morgan fingerprint density at radius 2 is 1.31 bits per heavy atom. The van der Waals surface area contributed by atoms with Crippen LogP contribution >= 0.6 is 0 Å². The van der Waals surface area contributed by atoms with Crippen molar-refractivity contribution >= 4 is 11.9 Å². The molecule has 1 N–H and O–H groups in total. The van der Waals surface area contributed by atoms with E-state index in [0.29, 0.717) is 18.9 Å². The number of rotatable bonds is 9. The summed E-state index contributed by atoms with van der Waals surface area (Å²) >= 11 is 0. The summed E-state index contributed by atoms with van der Waals surface area (Å²) in [6.07, 6.45) is 5.81. The molecule has 0 aromatic heterocycles. The average molecular weight is 518 g/mol. The maximum atomic E-state index is 14.1. The van der Waals surface area contributed by atoms with Crippen LogP contribution in [0, 0.1) is 5.92 Å². The molecule has 5 rings (SSSR count). The number of benzene rings is 4. The monoisotopic (exact) mass is 517 g/mol. The number of hydrogen-bond acceptors (Lipinski definition) is 2. The van der Waals surface area contributed by atoms with E-state index in [0.717, 1.165) is 47.9 Å². The molecule has 0 aliphatic heterocycles. The molecule has 1 aliphatic rings. The summed E-state index contributed by atoms with van der Waals surface area (Å²) in [5, 5.41) is 9.40. The highest BCUT2D eigenvalue weighted by atomic mass is 16.4. The molecule has 1 saturated carbocycles. The molecule has 2 atom stereocenters. The minimum atomic E-state index is -0.947. The Morgan fingerprint density at radius 1 is 0.692 bits per heavy atom. The predicted molar refractivity (Wildman–Crippen MR) is 155 cm³/mol. The molecule has 1 fully saturated rings. The second-order valence-corrected chi connectivity index (χ2v) is 10.6. The quantitative estimate of drug-likeness (QED) is 0.251. The summed E-state index contributed by atoms with van der Waals surface area (Å²) in [6, 6.07) is 36.0. The summed E-state index contributed by atoms with van der Waals surface area (Å²) in [6.45, 7) is 0.607. The number of aromatic carboxylic acids is 1. The van der Waals surface area contributed by atoms with Crippen molar-refractivity contribution in [1.29, 1.82) is 0 Å². The van der Waals surface area contributed by atoms with Crippen molar-refractivity contribution in [1.82, 2.24) is 4.90 Å². The highest BCUT2D eigenvalue weighted by Crippen LogP contribution is 2.33. The van der Waals surface area contributed by atoms with Gasteiger partial charge in [-0.05, 0) is 65.1 Å². The Labute approximate surface area is 230 Å². The summed E-state index contributed by atoms with van der Waals surface area (Å²) in [4.78, 5) is 27.7. The molecule has 0 radical (unpaired) electrons. The molecule has 4 nitrogen and oxygen atoms in total. The van der Waals surface area contributed by atoms with Crippen LogP contribution in [0.2, 0.25) is 0 Å². The van der Waals surface area contributed by atoms with Crippen LogP contribution in [0.15, 0.2) is 109 Å². The highest BCUT2D eigenvalue weighted by molar-refractivity contribution is 5.89. The molecular formula is C35H35NO3. The lowest BCUT2D eigenvalue weighted by Gasteiger charge is -2.40. The van der Waals surface area contributed by atoms with E-state index in [1.54, 1.807) is 18.2 Å². The van der Waals surface area contributed by atoms with Crippen molar-refractivity contribution in [3.05, 3.63) is 131 Å². The summed E-state index contributed by atoms with van der Waals surface area (Å²) < 4.78 is 0. The van der Waals surface area contributed by atoms with Crippen molar-refractivity contribution < 1.29 is 14.7 Å². The van der Waals surface area contributed by atoms with E-state index in [1.807, 2.05) is 48.5 Å². The van der Waals surface area contributed by atoms with Gasteiger partial charge in [0.1, 0.15) is 0 Å². The summed E-state index contributed by atoms with van der Waals surface area (Å²) in [7, 11) is 0. The average Bonchev–Trinajstić information content (AvgIpc) is 2.97. The van der Waals surface area contributed by atoms with Gasteiger partial charge in [0.25, 0.3) is 0 Å². The van der Waals surface area contributed by atoms with Crippen molar-refractivity contribution in [2.75, 3.05) is 0 Å². The van der Waals surface area contributed by atoms with Gasteiger partial charge in [-0.2, -0.15) is 0 Å². The van der Waals surface area contributed by atoms with Crippen LogP contribution in [-0.2, 0) is 24.2 Å². The maximum Gasteiger partial charge on any atom is 0.335 e. The third-order valence-electron chi connectivity index (χ3n) is 7.85. The van der Waals surface area contributed by atoms with Crippen LogP contribution in [0.4, 0.5) is 0 Å². The van der Waals surface area contributed by atoms with Gasteiger partial charge in [-0.15, -0.1) is 0 Å². The van der Waals surface area contributed by atoms with Crippen LogP contribution < -0.4 is 0 Å². The van der Waals surface area contributed by atoms with Crippen LogP contribution in [0.5, 0.6) is 0 Å². The number of nitrogens with zero attached hydrogens (tertiary/aromatic N) is 1. The van der Waals surface area contributed by atoms with E-state index in [2.05, 4.69) is 47.4 Å². The molecule has 4 heteroatoms. The molecule has 0 saturated heterocycles. The number of carbonyl (C=O) groups is 2. The number of carboxylic acid groups (broad SMARTS) is 1. The largest absolute Gasteiger partial charge is 0.478 e. The van der Waals surface area contributed by atoms with Crippen LogP contribution in [0.25, 0.3) is 11.1 Å². The van der Waals surface area contributed by atoms with Gasteiger partial charge in [0.15, 0.2) is 0 Å². The number of carboxylic acids is 1. The van der Waals surface area contributed by atoms with Gasteiger partial charge in [0, 0.05) is 12.6 Å². The van der Waals surface area contributed by atoms with Crippen LogP contribution in [0.3, 0.4) is 0 Å². The van der Waals surface area contributed by atoms with Crippen molar-refractivity contribution in [3.63, 3.8) is 0 Å². The molecule has 0 bridgehead atoms. The van der Waals surface area contributed by atoms with Gasteiger partial charge in [-0.3, -0.25) is 4.79 Å². The smallest absolute Gasteiger partial charge is 0.335 e. The fourth-order valence-electron chi connectivity index (χ4n) is 5.89. The molecule has 0 spiro atoms. The zero-order valence-corrected chi connectivity index (χ0v) is 22.2. The zero-order valence-electron chi connectivity index (χ0n) is 22.2. The third-order valence-corrected chi connectivity index (χ3v) is 7.85. The Balaban J connectivity index is 1.40.